The third kappa shape index (κ3) is 3.62. The lowest BCUT2D eigenvalue weighted by molar-refractivity contribution is 0.0933. The van der Waals surface area contributed by atoms with Crippen LogP contribution < -0.4 is 5.32 Å². The molecule has 0 fully saturated rings. The van der Waals surface area contributed by atoms with Crippen LogP contribution in [0.25, 0.3) is 22.2 Å². The van der Waals surface area contributed by atoms with E-state index in [0.29, 0.717) is 28.7 Å². The van der Waals surface area contributed by atoms with Gasteiger partial charge in [-0.1, -0.05) is 6.92 Å². The van der Waals surface area contributed by atoms with Crippen molar-refractivity contribution >= 4 is 16.8 Å². The van der Waals surface area contributed by atoms with E-state index in [1.54, 1.807) is 37.1 Å². The van der Waals surface area contributed by atoms with E-state index >= 15 is 0 Å². The van der Waals surface area contributed by atoms with Crippen LogP contribution in [-0.2, 0) is 6.54 Å². The number of imidazole rings is 1. The normalized spacial score (nSPS) is 12.2. The third-order valence-electron chi connectivity index (χ3n) is 4.63. The summed E-state index contributed by atoms with van der Waals surface area (Å²) in [5.41, 5.74) is 2.15. The number of hydrogen-bond acceptors (Lipinski definition) is 4. The summed E-state index contributed by atoms with van der Waals surface area (Å²) in [6, 6.07) is 5.90. The molecule has 1 amide bonds. The smallest absolute Gasteiger partial charge is 0.252 e. The molecule has 0 spiro atoms. The van der Waals surface area contributed by atoms with Gasteiger partial charge in [0, 0.05) is 48.2 Å². The number of pyridine rings is 1. The number of amides is 1. The van der Waals surface area contributed by atoms with Gasteiger partial charge in [-0.15, -0.1) is 0 Å². The Hall–Kier alpha value is -3.55. The first-order valence-electron chi connectivity index (χ1n) is 9.00. The van der Waals surface area contributed by atoms with Crippen molar-refractivity contribution in [3.63, 3.8) is 0 Å². The fourth-order valence-electron chi connectivity index (χ4n) is 3.12. The van der Waals surface area contributed by atoms with Gasteiger partial charge >= 0.3 is 0 Å². The largest absolute Gasteiger partial charge is 0.347 e. The summed E-state index contributed by atoms with van der Waals surface area (Å²) >= 11 is 0. The van der Waals surface area contributed by atoms with Crippen molar-refractivity contribution in [3.8, 4) is 11.3 Å². The van der Waals surface area contributed by atoms with Gasteiger partial charge in [-0.2, -0.15) is 5.10 Å². The average Bonchev–Trinajstić information content (AvgIpc) is 3.40. The minimum Gasteiger partial charge on any atom is -0.347 e. The summed E-state index contributed by atoms with van der Waals surface area (Å²) in [6.07, 6.45) is 9.34. The van der Waals surface area contributed by atoms with Gasteiger partial charge < -0.3 is 9.88 Å². The minimum atomic E-state index is -0.401. The zero-order valence-electron chi connectivity index (χ0n) is 15.3. The molecular formula is C20H19FN6O. The molecule has 0 radical (unpaired) electrons. The van der Waals surface area contributed by atoms with Gasteiger partial charge in [-0.05, 0) is 24.6 Å². The van der Waals surface area contributed by atoms with Gasteiger partial charge in [0.1, 0.15) is 5.82 Å². The first kappa shape index (κ1) is 17.8. The molecule has 142 valence electrons. The molecule has 2 N–H and O–H groups in total. The zero-order valence-corrected chi connectivity index (χ0v) is 15.3. The predicted octanol–water partition coefficient (Wildman–Crippen LogP) is 3.17. The monoisotopic (exact) mass is 378 g/mol. The van der Waals surface area contributed by atoms with Gasteiger partial charge in [0.2, 0.25) is 0 Å². The predicted molar refractivity (Wildman–Crippen MR) is 103 cm³/mol. The van der Waals surface area contributed by atoms with E-state index in [1.165, 1.54) is 12.1 Å². The van der Waals surface area contributed by atoms with Crippen LogP contribution >= 0.6 is 0 Å². The molecule has 0 saturated carbocycles. The second-order valence-corrected chi connectivity index (χ2v) is 6.54. The van der Waals surface area contributed by atoms with E-state index in [9.17, 15) is 9.18 Å². The van der Waals surface area contributed by atoms with Gasteiger partial charge in [0.25, 0.3) is 5.91 Å². The van der Waals surface area contributed by atoms with Crippen LogP contribution in [0.3, 0.4) is 0 Å². The number of hydrogen-bond donors (Lipinski definition) is 2. The fourth-order valence-corrected chi connectivity index (χ4v) is 3.12. The number of H-pyrrole nitrogens is 1. The molecule has 0 aliphatic heterocycles. The van der Waals surface area contributed by atoms with Gasteiger partial charge in [0.05, 0.1) is 29.3 Å². The standard InChI is InChI=1S/C20H19FN6O/c1-2-15(11-27-6-5-22-12-27)25-20(28)17-8-18(13-9-23-24-10-13)26-19-7-14(21)3-4-16(17)19/h3-10,12,15H,2,11H2,1H3,(H,23,24)(H,25,28). The number of fused-ring (bicyclic) bond motifs is 1. The Balaban J connectivity index is 1.70. The molecule has 0 aliphatic carbocycles. The number of aromatic nitrogens is 5. The summed E-state index contributed by atoms with van der Waals surface area (Å²) in [4.78, 5) is 21.6. The second-order valence-electron chi connectivity index (χ2n) is 6.54. The number of nitrogens with zero attached hydrogens (tertiary/aromatic N) is 4. The highest BCUT2D eigenvalue weighted by Crippen LogP contribution is 2.25. The average molecular weight is 378 g/mol. The first-order chi connectivity index (χ1) is 13.6. The lowest BCUT2D eigenvalue weighted by atomic mass is 10.0. The Kier molecular flexibility index (Phi) is 4.84. The van der Waals surface area contributed by atoms with Crippen LogP contribution in [0.15, 0.2) is 55.4 Å². The highest BCUT2D eigenvalue weighted by atomic mass is 19.1. The van der Waals surface area contributed by atoms with Crippen molar-refractivity contribution in [2.24, 2.45) is 0 Å². The summed E-state index contributed by atoms with van der Waals surface area (Å²) in [5, 5.41) is 10.3. The maximum atomic E-state index is 13.8. The van der Waals surface area contributed by atoms with E-state index in [4.69, 9.17) is 0 Å². The second kappa shape index (κ2) is 7.59. The summed E-state index contributed by atoms with van der Waals surface area (Å²) in [5.74, 6) is -0.627. The third-order valence-corrected chi connectivity index (χ3v) is 4.63. The van der Waals surface area contributed by atoms with Crippen LogP contribution in [0, 0.1) is 5.82 Å². The molecule has 7 nitrogen and oxygen atoms in total. The number of carbonyl (C=O) groups excluding carboxylic acids is 1. The quantitative estimate of drug-likeness (QED) is 0.539. The van der Waals surface area contributed by atoms with Crippen molar-refractivity contribution in [3.05, 3.63) is 66.8 Å². The highest BCUT2D eigenvalue weighted by Gasteiger charge is 2.18. The topological polar surface area (TPSA) is 88.5 Å². The highest BCUT2D eigenvalue weighted by molar-refractivity contribution is 6.07. The van der Waals surface area contributed by atoms with E-state index < -0.39 is 5.82 Å². The van der Waals surface area contributed by atoms with Crippen LogP contribution in [0.2, 0.25) is 0 Å². The SMILES string of the molecule is CCC(Cn1ccnc1)NC(=O)c1cc(-c2cn[nH]c2)nc2cc(F)ccc12. The molecule has 4 rings (SSSR count). The van der Waals surface area contributed by atoms with Gasteiger partial charge in [0.15, 0.2) is 0 Å². The molecule has 1 unspecified atom stereocenters. The molecule has 0 aliphatic rings. The lowest BCUT2D eigenvalue weighted by Gasteiger charge is -2.18. The van der Waals surface area contributed by atoms with Crippen LogP contribution in [0.1, 0.15) is 23.7 Å². The Morgan fingerprint density at radius 2 is 2.25 bits per heavy atom. The number of benzene rings is 1. The number of nitrogens with one attached hydrogen (secondary N) is 2. The van der Waals surface area contributed by atoms with Crippen LogP contribution in [0.5, 0.6) is 0 Å². The van der Waals surface area contributed by atoms with Crippen LogP contribution in [0.4, 0.5) is 4.39 Å². The molecule has 0 bridgehead atoms. The van der Waals surface area contributed by atoms with Crippen molar-refractivity contribution < 1.29 is 9.18 Å². The van der Waals surface area contributed by atoms with Gasteiger partial charge in [-0.25, -0.2) is 14.4 Å². The minimum absolute atomic E-state index is 0.0669. The molecule has 8 heteroatoms. The Bertz CT molecular complexity index is 1090. The molecule has 0 saturated heterocycles. The maximum absolute atomic E-state index is 13.8. The molecule has 1 atom stereocenters. The summed E-state index contributed by atoms with van der Waals surface area (Å²) in [7, 11) is 0. The summed E-state index contributed by atoms with van der Waals surface area (Å²) in [6.45, 7) is 2.63. The molecule has 1 aromatic carbocycles. The number of carbonyl (C=O) groups is 1. The van der Waals surface area contributed by atoms with Crippen LogP contribution in [-0.4, -0.2) is 36.7 Å². The van der Waals surface area contributed by atoms with E-state index in [-0.39, 0.29) is 11.9 Å². The van der Waals surface area contributed by atoms with Gasteiger partial charge in [-0.3, -0.25) is 9.89 Å². The van der Waals surface area contributed by atoms with E-state index in [2.05, 4.69) is 25.5 Å². The number of halogens is 1. The van der Waals surface area contributed by atoms with Crippen molar-refractivity contribution in [2.75, 3.05) is 0 Å². The maximum Gasteiger partial charge on any atom is 0.252 e. The Morgan fingerprint density at radius 1 is 1.36 bits per heavy atom. The molecule has 4 aromatic rings. The molecule has 3 aromatic heterocycles. The van der Waals surface area contributed by atoms with E-state index in [1.807, 2.05) is 17.7 Å². The summed E-state index contributed by atoms with van der Waals surface area (Å²) < 4.78 is 15.7. The zero-order chi connectivity index (χ0) is 19.5. The number of rotatable bonds is 6. The van der Waals surface area contributed by atoms with Crippen molar-refractivity contribution in [1.82, 2.24) is 30.0 Å². The molecular weight excluding hydrogens is 359 g/mol. The molecule has 28 heavy (non-hydrogen) atoms. The van der Waals surface area contributed by atoms with Crippen molar-refractivity contribution in [2.45, 2.75) is 25.9 Å². The lowest BCUT2D eigenvalue weighted by Crippen LogP contribution is -2.37. The fraction of sp³-hybridized carbons (Fsp3) is 0.200. The Labute approximate surface area is 160 Å². The van der Waals surface area contributed by atoms with Crippen molar-refractivity contribution in [1.29, 1.82) is 0 Å². The molecule has 3 heterocycles. The number of aromatic amines is 1. The van der Waals surface area contributed by atoms with E-state index in [0.717, 1.165) is 12.0 Å². The Morgan fingerprint density at radius 3 is 2.96 bits per heavy atom. The first-order valence-corrected chi connectivity index (χ1v) is 9.00.